The number of benzene rings is 1. The smallest absolute Gasteiger partial charge is 0.254 e. The van der Waals surface area contributed by atoms with Crippen molar-refractivity contribution in [2.45, 2.75) is 25.9 Å². The van der Waals surface area contributed by atoms with Crippen LogP contribution in [0.1, 0.15) is 30.1 Å². The predicted molar refractivity (Wildman–Crippen MR) is 79.5 cm³/mol. The molecule has 1 fully saturated rings. The Hall–Kier alpha value is -1.53. The fourth-order valence-corrected chi connectivity index (χ4v) is 2.58. The molecule has 1 aromatic carbocycles. The number of likely N-dealkylation sites (tertiary alicyclic amines) is 1. The molecule has 0 radical (unpaired) electrons. The Morgan fingerprint density at radius 3 is 2.77 bits per heavy atom. The Morgan fingerprint density at radius 2 is 2.09 bits per heavy atom. The lowest BCUT2D eigenvalue weighted by Gasteiger charge is -2.31. The second-order valence-corrected chi connectivity index (χ2v) is 5.97. The first-order valence-corrected chi connectivity index (χ1v) is 7.59. The van der Waals surface area contributed by atoms with Crippen molar-refractivity contribution in [3.63, 3.8) is 0 Å². The van der Waals surface area contributed by atoms with Gasteiger partial charge in [-0.1, -0.05) is 6.92 Å². The van der Waals surface area contributed by atoms with Crippen molar-refractivity contribution in [3.8, 4) is 0 Å². The molecule has 1 aromatic rings. The van der Waals surface area contributed by atoms with Crippen molar-refractivity contribution in [3.05, 3.63) is 35.4 Å². The lowest BCUT2D eigenvalue weighted by atomic mass is 9.99. The molecule has 1 aliphatic rings. The molecule has 0 spiro atoms. The molecule has 2 N–H and O–H groups in total. The number of carbonyl (C=O) groups excluding carboxylic acids is 1. The number of halogens is 2. The van der Waals surface area contributed by atoms with Gasteiger partial charge in [-0.05, 0) is 50.0 Å². The fourth-order valence-electron chi connectivity index (χ4n) is 2.58. The van der Waals surface area contributed by atoms with Gasteiger partial charge in [0.15, 0.2) is 0 Å². The second kappa shape index (κ2) is 7.65. The highest BCUT2D eigenvalue weighted by Gasteiger charge is 2.19. The Labute approximate surface area is 129 Å². The van der Waals surface area contributed by atoms with E-state index < -0.39 is 23.6 Å². The predicted octanol–water partition coefficient (Wildman–Crippen LogP) is 1.79. The summed E-state index contributed by atoms with van der Waals surface area (Å²) in [6.07, 6.45) is 1.48. The summed E-state index contributed by atoms with van der Waals surface area (Å²) in [6.45, 7) is 4.57. The molecular formula is C16H22F2N2O2. The molecule has 6 heteroatoms. The number of amides is 1. The average molecular weight is 312 g/mol. The van der Waals surface area contributed by atoms with Gasteiger partial charge in [-0.2, -0.15) is 0 Å². The molecule has 22 heavy (non-hydrogen) atoms. The van der Waals surface area contributed by atoms with Crippen LogP contribution in [-0.2, 0) is 0 Å². The first-order valence-electron chi connectivity index (χ1n) is 7.59. The normalized spacial score (nSPS) is 18.2. The van der Waals surface area contributed by atoms with E-state index in [9.17, 15) is 18.7 Å². The number of aliphatic hydroxyl groups is 1. The maximum absolute atomic E-state index is 13.5. The molecule has 2 rings (SSSR count). The first kappa shape index (κ1) is 16.8. The molecule has 0 bridgehead atoms. The topological polar surface area (TPSA) is 52.6 Å². The van der Waals surface area contributed by atoms with Gasteiger partial charge in [0.1, 0.15) is 11.6 Å². The van der Waals surface area contributed by atoms with E-state index in [1.807, 2.05) is 0 Å². The standard InChI is InChI=1S/C16H22F2N2O2/c1-11-4-6-20(7-5-11)10-13(21)9-19-16(22)14-8-12(17)2-3-15(14)18/h2-3,8,11,13,21H,4-7,9-10H2,1H3,(H,19,22)/t13-/m1/s1. The SMILES string of the molecule is CC1CCN(C[C@H](O)CNC(=O)c2cc(F)ccc2F)CC1. The second-order valence-electron chi connectivity index (χ2n) is 5.97. The minimum Gasteiger partial charge on any atom is -0.390 e. The van der Waals surface area contributed by atoms with Crippen molar-refractivity contribution < 1.29 is 18.7 Å². The number of nitrogens with zero attached hydrogens (tertiary/aromatic N) is 1. The number of hydrogen-bond acceptors (Lipinski definition) is 3. The number of carbonyl (C=O) groups is 1. The molecule has 0 aromatic heterocycles. The molecule has 0 unspecified atom stereocenters. The zero-order valence-electron chi connectivity index (χ0n) is 12.7. The van der Waals surface area contributed by atoms with Crippen molar-refractivity contribution in [2.24, 2.45) is 5.92 Å². The first-order chi connectivity index (χ1) is 10.5. The number of aliphatic hydroxyl groups excluding tert-OH is 1. The summed E-state index contributed by atoms with van der Waals surface area (Å²) < 4.78 is 26.5. The van der Waals surface area contributed by atoms with Gasteiger partial charge in [0.05, 0.1) is 11.7 Å². The van der Waals surface area contributed by atoms with Crippen LogP contribution in [0.2, 0.25) is 0 Å². The lowest BCUT2D eigenvalue weighted by Crippen LogP contribution is -2.43. The van der Waals surface area contributed by atoms with Gasteiger partial charge in [-0.25, -0.2) is 8.78 Å². The lowest BCUT2D eigenvalue weighted by molar-refractivity contribution is 0.0793. The highest BCUT2D eigenvalue weighted by Crippen LogP contribution is 2.16. The maximum atomic E-state index is 13.5. The average Bonchev–Trinajstić information content (AvgIpc) is 2.49. The van der Waals surface area contributed by atoms with Gasteiger partial charge in [-0.3, -0.25) is 4.79 Å². The van der Waals surface area contributed by atoms with E-state index >= 15 is 0 Å². The van der Waals surface area contributed by atoms with Gasteiger partial charge < -0.3 is 15.3 Å². The highest BCUT2D eigenvalue weighted by atomic mass is 19.1. The van der Waals surface area contributed by atoms with Crippen LogP contribution in [0.5, 0.6) is 0 Å². The fraction of sp³-hybridized carbons (Fsp3) is 0.562. The number of hydrogen-bond donors (Lipinski definition) is 2. The van der Waals surface area contributed by atoms with E-state index in [1.54, 1.807) is 0 Å². The molecule has 4 nitrogen and oxygen atoms in total. The largest absolute Gasteiger partial charge is 0.390 e. The van der Waals surface area contributed by atoms with E-state index in [4.69, 9.17) is 0 Å². The third-order valence-electron chi connectivity index (χ3n) is 4.02. The van der Waals surface area contributed by atoms with Crippen LogP contribution in [-0.4, -0.2) is 48.2 Å². The van der Waals surface area contributed by atoms with Crippen LogP contribution in [0, 0.1) is 17.6 Å². The number of nitrogens with one attached hydrogen (secondary N) is 1. The highest BCUT2D eigenvalue weighted by molar-refractivity contribution is 5.94. The Morgan fingerprint density at radius 1 is 1.41 bits per heavy atom. The molecule has 1 amide bonds. The number of piperidine rings is 1. The molecular weight excluding hydrogens is 290 g/mol. The van der Waals surface area contributed by atoms with E-state index in [0.29, 0.717) is 12.5 Å². The van der Waals surface area contributed by atoms with E-state index in [0.717, 1.165) is 44.1 Å². The van der Waals surface area contributed by atoms with Crippen molar-refractivity contribution >= 4 is 5.91 Å². The van der Waals surface area contributed by atoms with Crippen molar-refractivity contribution in [1.29, 1.82) is 0 Å². The van der Waals surface area contributed by atoms with Crippen LogP contribution < -0.4 is 5.32 Å². The molecule has 1 heterocycles. The monoisotopic (exact) mass is 312 g/mol. The van der Waals surface area contributed by atoms with Crippen LogP contribution in [0.15, 0.2) is 18.2 Å². The van der Waals surface area contributed by atoms with Crippen LogP contribution in [0.25, 0.3) is 0 Å². The van der Waals surface area contributed by atoms with E-state index in [2.05, 4.69) is 17.1 Å². The van der Waals surface area contributed by atoms with Crippen LogP contribution >= 0.6 is 0 Å². The molecule has 122 valence electrons. The third-order valence-corrected chi connectivity index (χ3v) is 4.02. The third kappa shape index (κ3) is 4.74. The van der Waals surface area contributed by atoms with Gasteiger partial charge in [0.2, 0.25) is 0 Å². The Balaban J connectivity index is 1.79. The summed E-state index contributed by atoms with van der Waals surface area (Å²) in [7, 11) is 0. The maximum Gasteiger partial charge on any atom is 0.254 e. The molecule has 1 aliphatic heterocycles. The summed E-state index contributed by atoms with van der Waals surface area (Å²) in [5.41, 5.74) is -0.348. The van der Waals surface area contributed by atoms with E-state index in [1.165, 1.54) is 0 Å². The molecule has 0 aliphatic carbocycles. The van der Waals surface area contributed by atoms with E-state index in [-0.39, 0.29) is 12.1 Å². The van der Waals surface area contributed by atoms with Gasteiger partial charge in [0.25, 0.3) is 5.91 Å². The zero-order valence-corrected chi connectivity index (χ0v) is 12.7. The van der Waals surface area contributed by atoms with Gasteiger partial charge in [0, 0.05) is 13.1 Å². The van der Waals surface area contributed by atoms with Crippen molar-refractivity contribution in [1.82, 2.24) is 10.2 Å². The molecule has 1 atom stereocenters. The summed E-state index contributed by atoms with van der Waals surface area (Å²) >= 11 is 0. The van der Waals surface area contributed by atoms with Crippen LogP contribution in [0.3, 0.4) is 0 Å². The van der Waals surface area contributed by atoms with Gasteiger partial charge >= 0.3 is 0 Å². The summed E-state index contributed by atoms with van der Waals surface area (Å²) in [5, 5.41) is 12.4. The summed E-state index contributed by atoms with van der Waals surface area (Å²) in [5.74, 6) is -1.46. The Kier molecular flexibility index (Phi) is 5.85. The number of β-amino-alcohol motifs (C(OH)–C–C–N with tert-alkyl or cyclic N) is 1. The summed E-state index contributed by atoms with van der Waals surface area (Å²) in [6, 6.07) is 2.72. The summed E-state index contributed by atoms with van der Waals surface area (Å²) in [4.78, 5) is 14.0. The van der Waals surface area contributed by atoms with Crippen LogP contribution in [0.4, 0.5) is 8.78 Å². The minimum absolute atomic E-state index is 0.0147. The van der Waals surface area contributed by atoms with Crippen molar-refractivity contribution in [2.75, 3.05) is 26.2 Å². The quantitative estimate of drug-likeness (QED) is 0.871. The molecule has 0 saturated carbocycles. The zero-order chi connectivity index (χ0) is 16.1. The number of rotatable bonds is 5. The minimum atomic E-state index is -0.779. The molecule has 1 saturated heterocycles. The Bertz CT molecular complexity index is 517. The van der Waals surface area contributed by atoms with Gasteiger partial charge in [-0.15, -0.1) is 0 Å².